The summed E-state index contributed by atoms with van der Waals surface area (Å²) < 4.78 is 67.0. The molecule has 0 saturated carbocycles. The van der Waals surface area contributed by atoms with Gasteiger partial charge in [0, 0.05) is 5.41 Å². The maximum Gasteiger partial charge on any atom is 0.343 e. The zero-order valence-corrected chi connectivity index (χ0v) is 16.4. The predicted molar refractivity (Wildman–Crippen MR) is 103 cm³/mol. The molecule has 0 amide bonds. The zero-order chi connectivity index (χ0) is 22.1. The number of methoxy groups -OCH3 is 1. The molecule has 3 nitrogen and oxygen atoms in total. The summed E-state index contributed by atoms with van der Waals surface area (Å²) in [5.41, 5.74) is -0.797. The van der Waals surface area contributed by atoms with Crippen molar-refractivity contribution in [3.05, 3.63) is 94.6 Å². The molecule has 0 atom stereocenters. The van der Waals surface area contributed by atoms with Crippen molar-refractivity contribution in [2.75, 3.05) is 7.11 Å². The summed E-state index contributed by atoms with van der Waals surface area (Å²) in [5.74, 6) is -6.41. The molecule has 0 radical (unpaired) electrons. The van der Waals surface area contributed by atoms with Crippen LogP contribution in [0.4, 0.5) is 17.6 Å². The van der Waals surface area contributed by atoms with E-state index in [2.05, 4.69) is 4.74 Å². The lowest BCUT2D eigenvalue weighted by Gasteiger charge is -2.27. The second kappa shape index (κ2) is 8.18. The van der Waals surface area contributed by atoms with Crippen LogP contribution < -0.4 is 9.47 Å². The Balaban J connectivity index is 1.97. The molecule has 0 fully saturated rings. The molecule has 0 heterocycles. The molecular weight excluding hydrogens is 400 g/mol. The van der Waals surface area contributed by atoms with Crippen LogP contribution in [0.25, 0.3) is 0 Å². The van der Waals surface area contributed by atoms with Crippen LogP contribution in [0.2, 0.25) is 0 Å². The summed E-state index contributed by atoms with van der Waals surface area (Å²) in [7, 11) is 1.13. The van der Waals surface area contributed by atoms with Gasteiger partial charge in [-0.1, -0.05) is 32.0 Å². The SMILES string of the molecule is COc1c(F)cc(C(C)(C)c2cc(F)c(OC(=O)c3ccccc3)c(F)c2)cc1F. The second-order valence-electron chi connectivity index (χ2n) is 7.12. The molecule has 0 aliphatic rings. The first-order valence-electron chi connectivity index (χ1n) is 8.95. The molecule has 7 heteroatoms. The number of carbonyl (C=O) groups excluding carboxylic acids is 1. The Morgan fingerprint density at radius 2 is 1.20 bits per heavy atom. The van der Waals surface area contributed by atoms with Crippen LogP contribution in [0.15, 0.2) is 54.6 Å². The van der Waals surface area contributed by atoms with Crippen molar-refractivity contribution >= 4 is 5.97 Å². The third-order valence-corrected chi connectivity index (χ3v) is 4.85. The molecule has 0 aromatic heterocycles. The van der Waals surface area contributed by atoms with E-state index < -0.39 is 46.2 Å². The van der Waals surface area contributed by atoms with Crippen molar-refractivity contribution in [2.45, 2.75) is 19.3 Å². The number of rotatable bonds is 5. The second-order valence-corrected chi connectivity index (χ2v) is 7.12. The first-order valence-corrected chi connectivity index (χ1v) is 8.95. The van der Waals surface area contributed by atoms with Crippen molar-refractivity contribution in [3.8, 4) is 11.5 Å². The van der Waals surface area contributed by atoms with Gasteiger partial charge in [-0.25, -0.2) is 22.4 Å². The van der Waals surface area contributed by atoms with Crippen molar-refractivity contribution in [3.63, 3.8) is 0 Å². The Hall–Kier alpha value is -3.35. The maximum absolute atomic E-state index is 14.6. The van der Waals surface area contributed by atoms with Gasteiger partial charge in [-0.15, -0.1) is 0 Å². The minimum Gasteiger partial charge on any atom is -0.491 e. The first-order chi connectivity index (χ1) is 14.1. The van der Waals surface area contributed by atoms with Crippen LogP contribution in [-0.4, -0.2) is 13.1 Å². The van der Waals surface area contributed by atoms with Crippen LogP contribution in [0.3, 0.4) is 0 Å². The summed E-state index contributed by atoms with van der Waals surface area (Å²) in [6.45, 7) is 3.11. The monoisotopic (exact) mass is 418 g/mol. The largest absolute Gasteiger partial charge is 0.491 e. The Kier molecular flexibility index (Phi) is 5.82. The molecule has 0 aliphatic carbocycles. The van der Waals surface area contributed by atoms with Gasteiger partial charge in [0.05, 0.1) is 12.7 Å². The summed E-state index contributed by atoms with van der Waals surface area (Å²) in [6, 6.07) is 11.8. The molecule has 3 aromatic carbocycles. The molecule has 0 saturated heterocycles. The van der Waals surface area contributed by atoms with Gasteiger partial charge in [0.25, 0.3) is 0 Å². The number of halogens is 4. The van der Waals surface area contributed by atoms with Crippen LogP contribution in [0, 0.1) is 23.3 Å². The molecule has 0 unspecified atom stereocenters. The molecule has 0 N–H and O–H groups in total. The lowest BCUT2D eigenvalue weighted by molar-refractivity contribution is 0.0720. The molecule has 156 valence electrons. The van der Waals surface area contributed by atoms with Gasteiger partial charge < -0.3 is 9.47 Å². The quantitative estimate of drug-likeness (QED) is 0.299. The van der Waals surface area contributed by atoms with E-state index in [0.29, 0.717) is 0 Å². The molecule has 0 bridgehead atoms. The van der Waals surface area contributed by atoms with E-state index in [1.165, 1.54) is 12.1 Å². The normalized spacial score (nSPS) is 11.3. The van der Waals surface area contributed by atoms with Gasteiger partial charge in [0.15, 0.2) is 29.0 Å². The average molecular weight is 418 g/mol. The molecular formula is C23H18F4O3. The number of esters is 1. The highest BCUT2D eigenvalue weighted by atomic mass is 19.1. The first kappa shape index (κ1) is 21.4. The lowest BCUT2D eigenvalue weighted by atomic mass is 9.78. The minimum absolute atomic E-state index is 0.0981. The summed E-state index contributed by atoms with van der Waals surface area (Å²) in [4.78, 5) is 12.1. The summed E-state index contributed by atoms with van der Waals surface area (Å²) in [6.07, 6.45) is 0. The fourth-order valence-corrected chi connectivity index (χ4v) is 3.03. The topological polar surface area (TPSA) is 35.5 Å². The van der Waals surface area contributed by atoms with Crippen LogP contribution >= 0.6 is 0 Å². The lowest BCUT2D eigenvalue weighted by Crippen LogP contribution is -2.21. The van der Waals surface area contributed by atoms with Crippen LogP contribution in [0.1, 0.15) is 35.3 Å². The van der Waals surface area contributed by atoms with E-state index in [9.17, 15) is 22.4 Å². The highest BCUT2D eigenvalue weighted by Gasteiger charge is 2.29. The number of ether oxygens (including phenoxy) is 2. The Morgan fingerprint density at radius 1 is 0.767 bits per heavy atom. The third kappa shape index (κ3) is 4.01. The van der Waals surface area contributed by atoms with Crippen LogP contribution in [-0.2, 0) is 5.41 Å². The van der Waals surface area contributed by atoms with Gasteiger partial charge in [0.1, 0.15) is 0 Å². The van der Waals surface area contributed by atoms with Gasteiger partial charge in [-0.2, -0.15) is 0 Å². The van der Waals surface area contributed by atoms with Gasteiger partial charge in [0.2, 0.25) is 5.75 Å². The highest BCUT2D eigenvalue weighted by molar-refractivity contribution is 5.91. The van der Waals surface area contributed by atoms with Crippen LogP contribution in [0.5, 0.6) is 11.5 Å². The molecule has 30 heavy (non-hydrogen) atoms. The molecule has 3 aromatic rings. The third-order valence-electron chi connectivity index (χ3n) is 4.85. The van der Waals surface area contributed by atoms with E-state index in [1.807, 2.05) is 0 Å². The average Bonchev–Trinajstić information content (AvgIpc) is 2.70. The van der Waals surface area contributed by atoms with E-state index in [4.69, 9.17) is 4.74 Å². The number of benzene rings is 3. The molecule has 0 aliphatic heterocycles. The number of hydrogen-bond acceptors (Lipinski definition) is 3. The van der Waals surface area contributed by atoms with Gasteiger partial charge in [-0.3, -0.25) is 0 Å². The molecule has 3 rings (SSSR count). The smallest absolute Gasteiger partial charge is 0.343 e. The fourth-order valence-electron chi connectivity index (χ4n) is 3.03. The summed E-state index contributed by atoms with van der Waals surface area (Å²) >= 11 is 0. The van der Waals surface area contributed by atoms with Gasteiger partial charge in [-0.05, 0) is 47.5 Å². The van der Waals surface area contributed by atoms with E-state index in [0.717, 1.165) is 31.4 Å². The van der Waals surface area contributed by atoms with E-state index in [-0.39, 0.29) is 16.7 Å². The number of carbonyl (C=O) groups is 1. The van der Waals surface area contributed by atoms with E-state index in [1.54, 1.807) is 32.0 Å². The van der Waals surface area contributed by atoms with Gasteiger partial charge >= 0.3 is 5.97 Å². The highest BCUT2D eigenvalue weighted by Crippen LogP contribution is 2.37. The van der Waals surface area contributed by atoms with Crippen molar-refractivity contribution in [1.82, 2.24) is 0 Å². The maximum atomic E-state index is 14.6. The van der Waals surface area contributed by atoms with Crippen molar-refractivity contribution < 1.29 is 31.8 Å². The standard InChI is InChI=1S/C23H18F4O3/c1-23(2,14-9-16(24)20(29-3)17(25)10-14)15-11-18(26)21(19(27)12-15)30-22(28)13-7-5-4-6-8-13/h4-12H,1-3H3. The Morgan fingerprint density at radius 3 is 1.63 bits per heavy atom. The van der Waals surface area contributed by atoms with Crippen molar-refractivity contribution in [1.29, 1.82) is 0 Å². The Labute approximate surface area is 170 Å². The predicted octanol–water partition coefficient (Wildman–Crippen LogP) is 5.80. The Bertz CT molecular complexity index is 1050. The summed E-state index contributed by atoms with van der Waals surface area (Å²) in [5, 5.41) is 0. The zero-order valence-electron chi connectivity index (χ0n) is 16.4. The number of hydrogen-bond donors (Lipinski definition) is 0. The van der Waals surface area contributed by atoms with Crippen molar-refractivity contribution in [2.24, 2.45) is 0 Å². The van der Waals surface area contributed by atoms with E-state index >= 15 is 0 Å². The minimum atomic E-state index is -1.17. The molecule has 0 spiro atoms. The fraction of sp³-hybridized carbons (Fsp3) is 0.174.